The zero-order chi connectivity index (χ0) is 9.42. The van der Waals surface area contributed by atoms with Gasteiger partial charge in [-0.05, 0) is 25.1 Å². The van der Waals surface area contributed by atoms with Crippen molar-refractivity contribution in [2.45, 2.75) is 6.92 Å². The average molecular weight is 176 g/mol. The van der Waals surface area contributed by atoms with Crippen LogP contribution in [0.25, 0.3) is 5.52 Å². The molecule has 2 aromatic heterocycles. The van der Waals surface area contributed by atoms with Crippen LogP contribution in [0.2, 0.25) is 0 Å². The van der Waals surface area contributed by atoms with Crippen molar-refractivity contribution in [2.75, 3.05) is 0 Å². The maximum absolute atomic E-state index is 10.6. The Balaban J connectivity index is 2.67. The molecule has 4 heteroatoms. The lowest BCUT2D eigenvalue weighted by atomic mass is 10.3. The summed E-state index contributed by atoms with van der Waals surface area (Å²) in [6.07, 6.45) is 1.50. The summed E-state index contributed by atoms with van der Waals surface area (Å²) in [5, 5.41) is 12.8. The predicted octanol–water partition coefficient (Wildman–Crippen LogP) is 1.34. The highest BCUT2D eigenvalue weighted by Gasteiger charge is 2.04. The third-order valence-electron chi connectivity index (χ3n) is 1.83. The van der Waals surface area contributed by atoms with Gasteiger partial charge in [-0.25, -0.2) is 9.31 Å². The number of hydrogen-bond donors (Lipinski definition) is 1. The van der Waals surface area contributed by atoms with E-state index in [1.807, 2.05) is 13.0 Å². The summed E-state index contributed by atoms with van der Waals surface area (Å²) in [6.45, 7) is 1.87. The first-order valence-electron chi connectivity index (χ1n) is 3.86. The van der Waals surface area contributed by atoms with E-state index < -0.39 is 5.97 Å². The van der Waals surface area contributed by atoms with Crippen LogP contribution in [0.1, 0.15) is 16.1 Å². The fourth-order valence-electron chi connectivity index (χ4n) is 1.24. The molecule has 0 aromatic carbocycles. The fraction of sp³-hybridized carbons (Fsp3) is 0.111. The summed E-state index contributed by atoms with van der Waals surface area (Å²) >= 11 is 0. The second-order valence-electron chi connectivity index (χ2n) is 2.88. The van der Waals surface area contributed by atoms with Gasteiger partial charge in [0.05, 0.1) is 16.8 Å². The Morgan fingerprint density at radius 2 is 2.31 bits per heavy atom. The first kappa shape index (κ1) is 7.79. The van der Waals surface area contributed by atoms with Crippen LogP contribution in [0.5, 0.6) is 0 Å². The monoisotopic (exact) mass is 176 g/mol. The molecule has 2 heterocycles. The minimum Gasteiger partial charge on any atom is -0.478 e. The molecule has 0 spiro atoms. The number of fused-ring (bicyclic) bond motifs is 1. The lowest BCUT2D eigenvalue weighted by molar-refractivity contribution is 0.0696. The van der Waals surface area contributed by atoms with Gasteiger partial charge in [0.25, 0.3) is 0 Å². The normalized spacial score (nSPS) is 10.5. The van der Waals surface area contributed by atoms with Crippen molar-refractivity contribution in [3.05, 3.63) is 35.7 Å². The van der Waals surface area contributed by atoms with Crippen molar-refractivity contribution in [1.82, 2.24) is 9.61 Å². The van der Waals surface area contributed by atoms with Crippen LogP contribution in [-0.2, 0) is 0 Å². The molecule has 0 aliphatic carbocycles. The second kappa shape index (κ2) is 2.58. The Kier molecular flexibility index (Phi) is 1.55. The van der Waals surface area contributed by atoms with Gasteiger partial charge in [-0.15, -0.1) is 0 Å². The smallest absolute Gasteiger partial charge is 0.337 e. The SMILES string of the molecule is Cc1cc2ccc(C(=O)O)cn2n1. The number of aromatic carboxylic acids is 1. The summed E-state index contributed by atoms with van der Waals surface area (Å²) in [6, 6.07) is 5.20. The number of nitrogens with zero attached hydrogens (tertiary/aromatic N) is 2. The van der Waals surface area contributed by atoms with Crippen LogP contribution in [0.15, 0.2) is 24.4 Å². The Morgan fingerprint density at radius 1 is 1.54 bits per heavy atom. The Morgan fingerprint density at radius 3 is 3.00 bits per heavy atom. The maximum atomic E-state index is 10.6. The molecule has 2 rings (SSSR count). The number of pyridine rings is 1. The molecule has 0 saturated carbocycles. The van der Waals surface area contributed by atoms with Crippen LogP contribution >= 0.6 is 0 Å². The van der Waals surface area contributed by atoms with Crippen LogP contribution in [0, 0.1) is 6.92 Å². The number of aryl methyl sites for hydroxylation is 1. The summed E-state index contributed by atoms with van der Waals surface area (Å²) in [5.41, 5.74) is 2.03. The second-order valence-corrected chi connectivity index (χ2v) is 2.88. The van der Waals surface area contributed by atoms with Crippen molar-refractivity contribution in [3.63, 3.8) is 0 Å². The summed E-state index contributed by atoms with van der Waals surface area (Å²) in [5.74, 6) is -0.935. The Hall–Kier alpha value is -1.84. The van der Waals surface area contributed by atoms with Crippen LogP contribution in [0.3, 0.4) is 0 Å². The molecule has 4 nitrogen and oxygen atoms in total. The van der Waals surface area contributed by atoms with E-state index in [4.69, 9.17) is 5.11 Å². The van der Waals surface area contributed by atoms with Gasteiger partial charge in [0.2, 0.25) is 0 Å². The third-order valence-corrected chi connectivity index (χ3v) is 1.83. The number of carbonyl (C=O) groups is 1. The number of hydrogen-bond acceptors (Lipinski definition) is 2. The van der Waals surface area contributed by atoms with E-state index in [2.05, 4.69) is 5.10 Å². The highest BCUT2D eigenvalue weighted by atomic mass is 16.4. The highest BCUT2D eigenvalue weighted by Crippen LogP contribution is 2.07. The lowest BCUT2D eigenvalue weighted by Crippen LogP contribution is -1.98. The largest absolute Gasteiger partial charge is 0.478 e. The number of carboxylic acids is 1. The van der Waals surface area contributed by atoms with Gasteiger partial charge >= 0.3 is 5.97 Å². The molecular formula is C9H8N2O2. The van der Waals surface area contributed by atoms with Gasteiger partial charge in [0.1, 0.15) is 0 Å². The zero-order valence-corrected chi connectivity index (χ0v) is 7.06. The van der Waals surface area contributed by atoms with Crippen LogP contribution in [-0.4, -0.2) is 20.7 Å². The van der Waals surface area contributed by atoms with Gasteiger partial charge in [0.15, 0.2) is 0 Å². The summed E-state index contributed by atoms with van der Waals surface area (Å²) in [7, 11) is 0. The molecule has 0 aliphatic rings. The summed E-state index contributed by atoms with van der Waals surface area (Å²) < 4.78 is 1.57. The maximum Gasteiger partial charge on any atom is 0.337 e. The predicted molar refractivity (Wildman–Crippen MR) is 46.9 cm³/mol. The van der Waals surface area contributed by atoms with Crippen molar-refractivity contribution in [3.8, 4) is 0 Å². The van der Waals surface area contributed by atoms with Crippen molar-refractivity contribution < 1.29 is 9.90 Å². The molecule has 0 unspecified atom stereocenters. The third kappa shape index (κ3) is 1.26. The number of aromatic nitrogens is 2. The number of carboxylic acid groups (broad SMARTS) is 1. The molecule has 0 fully saturated rings. The van der Waals surface area contributed by atoms with E-state index in [9.17, 15) is 4.79 Å². The quantitative estimate of drug-likeness (QED) is 0.713. The minimum atomic E-state index is -0.935. The average Bonchev–Trinajstić information content (AvgIpc) is 2.42. The van der Waals surface area contributed by atoms with Gasteiger partial charge in [-0.2, -0.15) is 5.10 Å². The molecule has 0 amide bonds. The van der Waals surface area contributed by atoms with E-state index in [0.29, 0.717) is 0 Å². The van der Waals surface area contributed by atoms with E-state index in [-0.39, 0.29) is 5.56 Å². The van der Waals surface area contributed by atoms with Crippen LogP contribution < -0.4 is 0 Å². The van der Waals surface area contributed by atoms with Gasteiger partial charge < -0.3 is 5.11 Å². The highest BCUT2D eigenvalue weighted by molar-refractivity contribution is 5.87. The van der Waals surface area contributed by atoms with E-state index in [1.54, 1.807) is 16.6 Å². The Bertz CT molecular complexity index is 473. The fourth-order valence-corrected chi connectivity index (χ4v) is 1.24. The molecular weight excluding hydrogens is 168 g/mol. The molecule has 0 bridgehead atoms. The molecule has 66 valence electrons. The summed E-state index contributed by atoms with van der Waals surface area (Å²) in [4.78, 5) is 10.6. The van der Waals surface area contributed by atoms with Crippen LogP contribution in [0.4, 0.5) is 0 Å². The zero-order valence-electron chi connectivity index (χ0n) is 7.06. The minimum absolute atomic E-state index is 0.246. The molecule has 1 N–H and O–H groups in total. The van der Waals surface area contributed by atoms with Crippen molar-refractivity contribution in [1.29, 1.82) is 0 Å². The van der Waals surface area contributed by atoms with Gasteiger partial charge in [-0.1, -0.05) is 0 Å². The van der Waals surface area contributed by atoms with E-state index in [0.717, 1.165) is 11.2 Å². The molecule has 0 saturated heterocycles. The molecule has 13 heavy (non-hydrogen) atoms. The molecule has 2 aromatic rings. The lowest BCUT2D eigenvalue weighted by Gasteiger charge is -1.95. The van der Waals surface area contributed by atoms with E-state index in [1.165, 1.54) is 6.20 Å². The van der Waals surface area contributed by atoms with E-state index >= 15 is 0 Å². The Labute approximate surface area is 74.4 Å². The standard InChI is InChI=1S/C9H8N2O2/c1-6-4-8-3-2-7(9(12)13)5-11(8)10-6/h2-5H,1H3,(H,12,13). The topological polar surface area (TPSA) is 54.6 Å². The van der Waals surface area contributed by atoms with Gasteiger partial charge in [-0.3, -0.25) is 0 Å². The first-order valence-corrected chi connectivity index (χ1v) is 3.86. The number of rotatable bonds is 1. The molecule has 0 radical (unpaired) electrons. The van der Waals surface area contributed by atoms with Crippen molar-refractivity contribution >= 4 is 11.5 Å². The van der Waals surface area contributed by atoms with Crippen molar-refractivity contribution in [2.24, 2.45) is 0 Å². The first-order chi connectivity index (χ1) is 6.16. The van der Waals surface area contributed by atoms with Gasteiger partial charge in [0, 0.05) is 6.20 Å². The molecule has 0 aliphatic heterocycles. The molecule has 0 atom stereocenters.